The maximum Gasteiger partial charge on any atom is 0.332 e. The number of para-hydroxylation sites is 1. The van der Waals surface area contributed by atoms with Crippen LogP contribution >= 0.6 is 0 Å². The van der Waals surface area contributed by atoms with Gasteiger partial charge in [-0.15, -0.1) is 0 Å². The number of anilines is 1. The van der Waals surface area contributed by atoms with Crippen LogP contribution in [-0.2, 0) is 20.1 Å². The quantitative estimate of drug-likeness (QED) is 0.339. The summed E-state index contributed by atoms with van der Waals surface area (Å²) in [5.41, 5.74) is 0.783. The topological polar surface area (TPSA) is 120 Å². The fraction of sp³-hybridized carbons (Fsp3) is 0.409. The largest absolute Gasteiger partial charge is 0.340 e. The predicted molar refractivity (Wildman–Crippen MR) is 126 cm³/mol. The number of hydrogen-bond acceptors (Lipinski definition) is 7. The molecule has 0 aliphatic carbocycles. The molecule has 0 radical (unpaired) electrons. The molecule has 3 heterocycles. The molecule has 33 heavy (non-hydrogen) atoms. The molecule has 0 unspecified atom stereocenters. The number of fused-ring (bicyclic) bond motifs is 1. The molecule has 11 heteroatoms. The van der Waals surface area contributed by atoms with Crippen LogP contribution in [0.3, 0.4) is 0 Å². The fourth-order valence-electron chi connectivity index (χ4n) is 4.05. The van der Waals surface area contributed by atoms with E-state index in [0.29, 0.717) is 29.2 Å². The Morgan fingerprint density at radius 2 is 1.88 bits per heavy atom. The molecule has 3 aromatic rings. The molecule has 1 saturated heterocycles. The highest BCUT2D eigenvalue weighted by Crippen LogP contribution is 2.22. The van der Waals surface area contributed by atoms with Crippen molar-refractivity contribution in [3.8, 4) is 0 Å². The van der Waals surface area contributed by atoms with E-state index in [9.17, 15) is 19.7 Å². The third kappa shape index (κ3) is 4.19. The van der Waals surface area contributed by atoms with Crippen LogP contribution < -0.4 is 21.5 Å². The molecule has 2 aromatic heterocycles. The van der Waals surface area contributed by atoms with Gasteiger partial charge in [-0.3, -0.25) is 24.0 Å². The molecule has 4 rings (SSSR count). The summed E-state index contributed by atoms with van der Waals surface area (Å²) in [7, 11) is 1.57. The van der Waals surface area contributed by atoms with E-state index in [-0.39, 0.29) is 12.2 Å². The van der Waals surface area contributed by atoms with Crippen molar-refractivity contribution in [1.29, 1.82) is 0 Å². The minimum Gasteiger partial charge on any atom is -0.340 e. The van der Waals surface area contributed by atoms with Gasteiger partial charge in [-0.2, -0.15) is 4.98 Å². The molecular weight excluding hydrogens is 426 g/mol. The number of hydrogen-bond donors (Lipinski definition) is 1. The first kappa shape index (κ1) is 22.5. The number of piperazine rings is 1. The zero-order valence-corrected chi connectivity index (χ0v) is 18.9. The normalized spacial score (nSPS) is 14.0. The van der Waals surface area contributed by atoms with Crippen molar-refractivity contribution in [2.24, 2.45) is 7.05 Å². The van der Waals surface area contributed by atoms with Gasteiger partial charge < -0.3 is 14.8 Å². The van der Waals surface area contributed by atoms with E-state index in [1.54, 1.807) is 25.2 Å². The van der Waals surface area contributed by atoms with Gasteiger partial charge in [0.25, 0.3) is 11.2 Å². The van der Waals surface area contributed by atoms with Gasteiger partial charge in [0.05, 0.1) is 11.5 Å². The first-order valence-corrected chi connectivity index (χ1v) is 10.8. The summed E-state index contributed by atoms with van der Waals surface area (Å²) >= 11 is 0. The molecule has 1 aliphatic rings. The molecule has 0 saturated carbocycles. The Bertz CT molecular complexity index is 1360. The van der Waals surface area contributed by atoms with Crippen LogP contribution in [0.15, 0.2) is 45.5 Å². The Labute approximate surface area is 189 Å². The Morgan fingerprint density at radius 3 is 2.55 bits per heavy atom. The third-order valence-corrected chi connectivity index (χ3v) is 5.81. The third-order valence-electron chi connectivity index (χ3n) is 5.81. The number of benzene rings is 1. The van der Waals surface area contributed by atoms with Crippen LogP contribution in [0.1, 0.15) is 19.4 Å². The molecule has 174 valence electrons. The number of aryl methyl sites for hydroxylation is 1. The number of rotatable bonds is 6. The summed E-state index contributed by atoms with van der Waals surface area (Å²) in [5, 5.41) is 14.8. The van der Waals surface area contributed by atoms with E-state index in [2.05, 4.69) is 10.2 Å². The molecular formula is C22H27N7O4. The summed E-state index contributed by atoms with van der Waals surface area (Å²) in [5.74, 6) is 0.638. The zero-order chi connectivity index (χ0) is 23.7. The lowest BCUT2D eigenvalue weighted by atomic mass is 10.2. The molecule has 1 aliphatic heterocycles. The van der Waals surface area contributed by atoms with Crippen molar-refractivity contribution < 1.29 is 4.92 Å². The number of nitro groups is 1. The summed E-state index contributed by atoms with van der Waals surface area (Å²) in [6.07, 6.45) is 2.00. The second kappa shape index (κ2) is 9.02. The van der Waals surface area contributed by atoms with Gasteiger partial charge in [-0.05, 0) is 13.8 Å². The van der Waals surface area contributed by atoms with Gasteiger partial charge >= 0.3 is 5.69 Å². The van der Waals surface area contributed by atoms with Crippen LogP contribution in [0.5, 0.6) is 0 Å². The zero-order valence-electron chi connectivity index (χ0n) is 18.9. The van der Waals surface area contributed by atoms with Gasteiger partial charge in [-0.25, -0.2) is 4.79 Å². The maximum absolute atomic E-state index is 13.6. The lowest BCUT2D eigenvalue weighted by Gasteiger charge is -2.28. The van der Waals surface area contributed by atoms with Crippen molar-refractivity contribution in [2.45, 2.75) is 26.9 Å². The van der Waals surface area contributed by atoms with Crippen molar-refractivity contribution >= 4 is 22.8 Å². The molecule has 0 atom stereocenters. The number of nitro benzene ring substituents is 1. The maximum atomic E-state index is 13.6. The Morgan fingerprint density at radius 1 is 1.18 bits per heavy atom. The molecule has 0 bridgehead atoms. The Hall–Kier alpha value is -3.73. The molecule has 1 aromatic carbocycles. The van der Waals surface area contributed by atoms with Gasteiger partial charge in [0.2, 0.25) is 5.95 Å². The number of aromatic nitrogens is 4. The number of allylic oxidation sites excluding steroid dienone is 2. The Kier molecular flexibility index (Phi) is 6.14. The van der Waals surface area contributed by atoms with Crippen LogP contribution in [0.4, 0.5) is 11.6 Å². The van der Waals surface area contributed by atoms with Crippen LogP contribution in [0.25, 0.3) is 11.2 Å². The van der Waals surface area contributed by atoms with E-state index < -0.39 is 16.2 Å². The lowest BCUT2D eigenvalue weighted by molar-refractivity contribution is -0.385. The van der Waals surface area contributed by atoms with Gasteiger partial charge in [0.15, 0.2) is 11.2 Å². The summed E-state index contributed by atoms with van der Waals surface area (Å²) in [4.78, 5) is 44.5. The minimum atomic E-state index is -0.565. The highest BCUT2D eigenvalue weighted by atomic mass is 16.6. The molecule has 0 amide bonds. The molecule has 11 nitrogen and oxygen atoms in total. The summed E-state index contributed by atoms with van der Waals surface area (Å²) in [6.45, 7) is 7.25. The van der Waals surface area contributed by atoms with E-state index in [0.717, 1.165) is 36.3 Å². The smallest absolute Gasteiger partial charge is 0.332 e. The number of imidazole rings is 1. The minimum absolute atomic E-state index is 0.133. The Balaban J connectivity index is 1.94. The van der Waals surface area contributed by atoms with Crippen molar-refractivity contribution in [3.05, 3.63) is 72.4 Å². The van der Waals surface area contributed by atoms with Crippen molar-refractivity contribution in [1.82, 2.24) is 24.0 Å². The van der Waals surface area contributed by atoms with Gasteiger partial charge in [0, 0.05) is 51.4 Å². The standard InChI is InChI=1S/C22H27N7O4/c1-15(2)8-11-27-18-19(24-21(27)26-12-9-23-10-13-26)25(3)22(31)28(20(18)30)14-16-6-4-5-7-17(16)29(32)33/h4-8,23H,9-14H2,1-3H3. The van der Waals surface area contributed by atoms with E-state index >= 15 is 0 Å². The second-order valence-corrected chi connectivity index (χ2v) is 8.33. The van der Waals surface area contributed by atoms with Gasteiger partial charge in [0.1, 0.15) is 0 Å². The number of nitrogens with zero attached hydrogens (tertiary/aromatic N) is 6. The summed E-state index contributed by atoms with van der Waals surface area (Å²) < 4.78 is 4.23. The molecule has 0 spiro atoms. The number of nitrogens with one attached hydrogen (secondary N) is 1. The van der Waals surface area contributed by atoms with E-state index in [4.69, 9.17) is 4.98 Å². The first-order chi connectivity index (χ1) is 15.8. The first-order valence-electron chi connectivity index (χ1n) is 10.8. The van der Waals surface area contributed by atoms with Crippen LogP contribution in [0, 0.1) is 10.1 Å². The highest BCUT2D eigenvalue weighted by molar-refractivity contribution is 5.74. The van der Waals surface area contributed by atoms with E-state index in [1.807, 2.05) is 24.5 Å². The van der Waals surface area contributed by atoms with Crippen molar-refractivity contribution in [2.75, 3.05) is 31.1 Å². The lowest BCUT2D eigenvalue weighted by Crippen LogP contribution is -2.44. The molecule has 1 N–H and O–H groups in total. The van der Waals surface area contributed by atoms with Crippen LogP contribution in [0.2, 0.25) is 0 Å². The SMILES string of the molecule is CC(C)=CCn1c(N2CCNCC2)nc2c1c(=O)n(Cc1ccccc1[N+](=O)[O-])c(=O)n2C. The molecule has 1 fully saturated rings. The monoisotopic (exact) mass is 453 g/mol. The fourth-order valence-corrected chi connectivity index (χ4v) is 4.05. The van der Waals surface area contributed by atoms with Crippen LogP contribution in [-0.4, -0.2) is 49.8 Å². The summed E-state index contributed by atoms with van der Waals surface area (Å²) in [6, 6.07) is 6.13. The van der Waals surface area contributed by atoms with E-state index in [1.165, 1.54) is 10.6 Å². The highest BCUT2D eigenvalue weighted by Gasteiger charge is 2.25. The average Bonchev–Trinajstić information content (AvgIpc) is 3.19. The van der Waals surface area contributed by atoms with Gasteiger partial charge in [-0.1, -0.05) is 29.8 Å². The van der Waals surface area contributed by atoms with Crippen molar-refractivity contribution in [3.63, 3.8) is 0 Å². The predicted octanol–water partition coefficient (Wildman–Crippen LogP) is 1.23. The second-order valence-electron chi connectivity index (χ2n) is 8.33. The average molecular weight is 454 g/mol.